The fourth-order valence-corrected chi connectivity index (χ4v) is 2.36. The summed E-state index contributed by atoms with van der Waals surface area (Å²) < 4.78 is 0. The van der Waals surface area contributed by atoms with Gasteiger partial charge < -0.3 is 15.2 Å². The van der Waals surface area contributed by atoms with Crippen LogP contribution in [0.25, 0.3) is 11.6 Å². The molecule has 0 aromatic heterocycles. The van der Waals surface area contributed by atoms with E-state index in [1.54, 1.807) is 36.4 Å². The van der Waals surface area contributed by atoms with Crippen molar-refractivity contribution in [3.63, 3.8) is 0 Å². The Morgan fingerprint density at radius 2 is 1.86 bits per heavy atom. The Kier molecular flexibility index (Phi) is 3.23. The smallest absolute Gasteiger partial charge is 0.256 e. The van der Waals surface area contributed by atoms with E-state index < -0.39 is 5.97 Å². The van der Waals surface area contributed by atoms with Crippen molar-refractivity contribution < 1.29 is 14.7 Å². The van der Waals surface area contributed by atoms with E-state index in [0.717, 1.165) is 11.1 Å². The van der Waals surface area contributed by atoms with Gasteiger partial charge in [-0.15, -0.1) is 0 Å². The van der Waals surface area contributed by atoms with Gasteiger partial charge in [0.05, 0.1) is 5.97 Å². The van der Waals surface area contributed by atoms with Gasteiger partial charge in [-0.25, -0.2) is 0 Å². The van der Waals surface area contributed by atoms with Crippen LogP contribution in [0.15, 0.2) is 42.5 Å². The van der Waals surface area contributed by atoms with E-state index in [1.165, 1.54) is 12.1 Å². The Hall–Kier alpha value is -2.59. The van der Waals surface area contributed by atoms with Crippen LogP contribution in [0.3, 0.4) is 0 Å². The lowest BCUT2D eigenvalue weighted by atomic mass is 10.0. The molecular weight excluding hydrogens is 290 g/mol. The van der Waals surface area contributed by atoms with Crippen LogP contribution in [0.5, 0.6) is 0 Å². The van der Waals surface area contributed by atoms with Gasteiger partial charge in [-0.1, -0.05) is 35.9 Å². The zero-order valence-electron chi connectivity index (χ0n) is 10.7. The fraction of sp³-hybridized carbons (Fsp3) is 0. The number of halogens is 1. The van der Waals surface area contributed by atoms with Crippen LogP contribution in [0.2, 0.25) is 5.02 Å². The largest absolute Gasteiger partial charge is 0.545 e. The van der Waals surface area contributed by atoms with Crippen molar-refractivity contribution in [3.05, 3.63) is 64.2 Å². The standard InChI is InChI=1S/C16H10ClNO3/c17-11-5-6-14-12(8-11)13(15(19)18-14)7-9-1-3-10(4-2-9)16(20)21/h1-8H,(H,18,19)(H,20,21)/p-1/b13-7-. The first-order valence-corrected chi connectivity index (χ1v) is 6.57. The van der Waals surface area contributed by atoms with Crippen molar-refractivity contribution >= 4 is 40.8 Å². The number of carboxylic acids is 1. The monoisotopic (exact) mass is 298 g/mol. The molecule has 0 atom stereocenters. The molecule has 4 nitrogen and oxygen atoms in total. The van der Waals surface area contributed by atoms with Gasteiger partial charge in [-0.3, -0.25) is 4.79 Å². The third kappa shape index (κ3) is 2.53. The number of carboxylic acid groups (broad SMARTS) is 1. The number of amides is 1. The molecule has 1 aliphatic heterocycles. The van der Waals surface area contributed by atoms with Gasteiger partial charge in [0.15, 0.2) is 0 Å². The fourth-order valence-electron chi connectivity index (χ4n) is 2.19. The summed E-state index contributed by atoms with van der Waals surface area (Å²) in [4.78, 5) is 22.7. The normalized spacial score (nSPS) is 14.9. The maximum Gasteiger partial charge on any atom is 0.256 e. The minimum atomic E-state index is -1.23. The number of fused-ring (bicyclic) bond motifs is 1. The summed E-state index contributed by atoms with van der Waals surface area (Å²) in [5.74, 6) is -1.44. The van der Waals surface area contributed by atoms with E-state index in [0.29, 0.717) is 16.3 Å². The van der Waals surface area contributed by atoms with Crippen molar-refractivity contribution in [2.24, 2.45) is 0 Å². The number of hydrogen-bond donors (Lipinski definition) is 1. The third-order valence-electron chi connectivity index (χ3n) is 3.22. The number of aromatic carboxylic acids is 1. The minimum absolute atomic E-state index is 0.0940. The summed E-state index contributed by atoms with van der Waals surface area (Å²) in [5.41, 5.74) is 2.75. The van der Waals surface area contributed by atoms with Crippen molar-refractivity contribution in [3.8, 4) is 0 Å². The van der Waals surface area contributed by atoms with Crippen LogP contribution < -0.4 is 10.4 Å². The second kappa shape index (κ2) is 5.07. The summed E-state index contributed by atoms with van der Waals surface area (Å²) in [6.45, 7) is 0. The van der Waals surface area contributed by atoms with Crippen LogP contribution >= 0.6 is 11.6 Å². The lowest BCUT2D eigenvalue weighted by Gasteiger charge is -2.03. The van der Waals surface area contributed by atoms with E-state index in [2.05, 4.69) is 5.32 Å². The molecule has 0 spiro atoms. The number of nitrogens with one attached hydrogen (secondary N) is 1. The van der Waals surface area contributed by atoms with Crippen LogP contribution in [-0.2, 0) is 4.79 Å². The Labute approximate surface area is 125 Å². The maximum atomic E-state index is 12.0. The van der Waals surface area contributed by atoms with E-state index in [1.807, 2.05) is 0 Å². The number of hydrogen-bond acceptors (Lipinski definition) is 3. The quantitative estimate of drug-likeness (QED) is 0.864. The predicted molar refractivity (Wildman–Crippen MR) is 78.7 cm³/mol. The van der Waals surface area contributed by atoms with Gasteiger partial charge in [-0.2, -0.15) is 0 Å². The average Bonchev–Trinajstić information content (AvgIpc) is 2.76. The molecule has 1 heterocycles. The molecule has 0 aliphatic carbocycles. The third-order valence-corrected chi connectivity index (χ3v) is 3.46. The molecule has 104 valence electrons. The van der Waals surface area contributed by atoms with Gasteiger partial charge in [0.25, 0.3) is 5.91 Å². The van der Waals surface area contributed by atoms with Crippen molar-refractivity contribution in [2.45, 2.75) is 0 Å². The molecular formula is C16H9ClNO3-. The van der Waals surface area contributed by atoms with Crippen LogP contribution in [-0.4, -0.2) is 11.9 Å². The van der Waals surface area contributed by atoms with E-state index in [-0.39, 0.29) is 11.5 Å². The number of rotatable bonds is 2. The van der Waals surface area contributed by atoms with E-state index >= 15 is 0 Å². The molecule has 0 saturated heterocycles. The van der Waals surface area contributed by atoms with Crippen LogP contribution in [0, 0.1) is 0 Å². The first kappa shape index (κ1) is 13.4. The Bertz CT molecular complexity index is 779. The van der Waals surface area contributed by atoms with Crippen LogP contribution in [0.1, 0.15) is 21.5 Å². The van der Waals surface area contributed by atoms with Gasteiger partial charge >= 0.3 is 0 Å². The molecule has 0 radical (unpaired) electrons. The predicted octanol–water partition coefficient (Wildman–Crippen LogP) is 2.20. The molecule has 1 N–H and O–H groups in total. The Morgan fingerprint density at radius 3 is 2.52 bits per heavy atom. The number of anilines is 1. The van der Waals surface area contributed by atoms with Crippen molar-refractivity contribution in [1.29, 1.82) is 0 Å². The molecule has 21 heavy (non-hydrogen) atoms. The van der Waals surface area contributed by atoms with E-state index in [4.69, 9.17) is 11.6 Å². The lowest BCUT2D eigenvalue weighted by molar-refractivity contribution is -0.255. The number of carbonyl (C=O) groups excluding carboxylic acids is 2. The minimum Gasteiger partial charge on any atom is -0.545 e. The molecule has 0 bridgehead atoms. The second-order valence-electron chi connectivity index (χ2n) is 4.61. The highest BCUT2D eigenvalue weighted by Crippen LogP contribution is 2.34. The maximum absolute atomic E-state index is 12.0. The molecule has 2 aromatic carbocycles. The first-order valence-electron chi connectivity index (χ1n) is 6.19. The molecule has 0 unspecified atom stereocenters. The molecule has 5 heteroatoms. The van der Waals surface area contributed by atoms with Gasteiger partial charge in [0.2, 0.25) is 0 Å². The number of carbonyl (C=O) groups is 2. The second-order valence-corrected chi connectivity index (χ2v) is 5.05. The zero-order chi connectivity index (χ0) is 15.0. The molecule has 3 rings (SSSR count). The van der Waals surface area contributed by atoms with Gasteiger partial charge in [0.1, 0.15) is 0 Å². The summed E-state index contributed by atoms with van der Waals surface area (Å²) >= 11 is 5.96. The zero-order valence-corrected chi connectivity index (χ0v) is 11.5. The summed E-state index contributed by atoms with van der Waals surface area (Å²) in [6.07, 6.45) is 1.69. The molecule has 0 fully saturated rings. The highest BCUT2D eigenvalue weighted by molar-refractivity contribution is 6.36. The average molecular weight is 299 g/mol. The lowest BCUT2D eigenvalue weighted by Crippen LogP contribution is -2.21. The Morgan fingerprint density at radius 1 is 1.14 bits per heavy atom. The summed E-state index contributed by atoms with van der Waals surface area (Å²) in [5, 5.41) is 14.0. The topological polar surface area (TPSA) is 69.2 Å². The highest BCUT2D eigenvalue weighted by atomic mass is 35.5. The summed E-state index contributed by atoms with van der Waals surface area (Å²) in [7, 11) is 0. The number of benzene rings is 2. The van der Waals surface area contributed by atoms with Crippen molar-refractivity contribution in [2.75, 3.05) is 5.32 Å². The molecule has 0 saturated carbocycles. The van der Waals surface area contributed by atoms with Crippen LogP contribution in [0.4, 0.5) is 5.69 Å². The molecule has 1 amide bonds. The summed E-state index contributed by atoms with van der Waals surface area (Å²) in [6, 6.07) is 11.3. The Balaban J connectivity index is 2.02. The van der Waals surface area contributed by atoms with E-state index in [9.17, 15) is 14.7 Å². The van der Waals surface area contributed by atoms with Gasteiger partial charge in [0, 0.05) is 21.8 Å². The highest BCUT2D eigenvalue weighted by Gasteiger charge is 2.23. The SMILES string of the molecule is O=C1Nc2ccc(Cl)cc2/C1=C/c1ccc(C(=O)[O-])cc1. The first-order chi connectivity index (χ1) is 10.0. The van der Waals surface area contributed by atoms with Gasteiger partial charge in [-0.05, 0) is 35.4 Å². The molecule has 1 aliphatic rings. The molecule has 2 aromatic rings. The van der Waals surface area contributed by atoms with Crippen molar-refractivity contribution in [1.82, 2.24) is 0 Å².